The van der Waals surface area contributed by atoms with Gasteiger partial charge >= 0.3 is 0 Å². The Kier molecular flexibility index (Phi) is 4.47. The van der Waals surface area contributed by atoms with Crippen molar-refractivity contribution in [2.24, 2.45) is 0 Å². The molecule has 1 aromatic heterocycles. The molecule has 4 rings (SSSR count). The number of nitrogens with zero attached hydrogens (tertiary/aromatic N) is 3. The summed E-state index contributed by atoms with van der Waals surface area (Å²) in [5, 5.41) is 0. The minimum absolute atomic E-state index is 0.00886. The van der Waals surface area contributed by atoms with Gasteiger partial charge in [0.05, 0.1) is 12.2 Å². The van der Waals surface area contributed by atoms with Gasteiger partial charge in [-0.05, 0) is 49.1 Å². The molecule has 0 fully saturated rings. The van der Waals surface area contributed by atoms with Crippen LogP contribution in [0.5, 0.6) is 0 Å². The van der Waals surface area contributed by atoms with Crippen LogP contribution in [0.4, 0.5) is 5.69 Å². The predicted molar refractivity (Wildman–Crippen MR) is 111 cm³/mol. The second-order valence-corrected chi connectivity index (χ2v) is 8.10. The summed E-state index contributed by atoms with van der Waals surface area (Å²) in [5.74, 6) is 0.853. The van der Waals surface area contributed by atoms with Crippen molar-refractivity contribution in [1.82, 2.24) is 9.97 Å². The second kappa shape index (κ2) is 6.80. The summed E-state index contributed by atoms with van der Waals surface area (Å²) in [7, 11) is 0. The van der Waals surface area contributed by atoms with Crippen LogP contribution in [0.1, 0.15) is 47.6 Å². The zero-order chi connectivity index (χ0) is 19.0. The molecule has 0 atom stereocenters. The first kappa shape index (κ1) is 17.7. The average Bonchev–Trinajstić information content (AvgIpc) is 2.68. The van der Waals surface area contributed by atoms with Gasteiger partial charge < -0.3 is 4.90 Å². The molecule has 2 heterocycles. The smallest absolute Gasteiger partial charge is 0.125 e. The van der Waals surface area contributed by atoms with Crippen molar-refractivity contribution in [2.45, 2.75) is 46.1 Å². The molecule has 2 aromatic carbocycles. The highest BCUT2D eigenvalue weighted by Crippen LogP contribution is 2.33. The van der Waals surface area contributed by atoms with Crippen molar-refractivity contribution in [3.8, 4) is 0 Å². The number of hydrogen-bond acceptors (Lipinski definition) is 3. The molecule has 1 aliphatic rings. The van der Waals surface area contributed by atoms with Gasteiger partial charge in [-0.3, -0.25) is 0 Å². The number of anilines is 1. The minimum Gasteiger partial charge on any atom is -0.365 e. The van der Waals surface area contributed by atoms with Crippen LogP contribution in [0, 0.1) is 13.8 Å². The molecule has 1 aliphatic heterocycles. The van der Waals surface area contributed by atoms with Gasteiger partial charge in [0, 0.05) is 23.8 Å². The molecule has 0 N–H and O–H groups in total. The maximum absolute atomic E-state index is 4.64. The van der Waals surface area contributed by atoms with E-state index in [0.29, 0.717) is 0 Å². The molecule has 138 valence electrons. The van der Waals surface area contributed by atoms with Crippen molar-refractivity contribution in [2.75, 3.05) is 11.4 Å². The normalized spacial score (nSPS) is 14.1. The lowest BCUT2D eigenvalue weighted by Gasteiger charge is -2.31. The predicted octanol–water partition coefficient (Wildman–Crippen LogP) is 4.98. The number of aromatic nitrogens is 2. The fourth-order valence-corrected chi connectivity index (χ4v) is 3.85. The maximum atomic E-state index is 4.64. The van der Waals surface area contributed by atoms with E-state index in [2.05, 4.69) is 84.2 Å². The number of rotatable bonds is 3. The molecule has 3 aromatic rings. The van der Waals surface area contributed by atoms with Gasteiger partial charge in [0.15, 0.2) is 0 Å². The van der Waals surface area contributed by atoms with Crippen LogP contribution in [-0.4, -0.2) is 16.5 Å². The lowest BCUT2D eigenvalue weighted by Crippen LogP contribution is -2.31. The summed E-state index contributed by atoms with van der Waals surface area (Å²) >= 11 is 0. The molecule has 0 saturated heterocycles. The Bertz CT molecular complexity index is 940. The van der Waals surface area contributed by atoms with Crippen LogP contribution >= 0.6 is 0 Å². The number of aryl methyl sites for hydroxylation is 2. The van der Waals surface area contributed by atoms with E-state index in [0.717, 1.165) is 31.0 Å². The van der Waals surface area contributed by atoms with E-state index in [-0.39, 0.29) is 5.41 Å². The molecule has 3 heteroatoms. The SMILES string of the molecule is Cc1ccc(C(C)(C)c2ccc(N3CCc4cnc(C)nc4C3)cc2)cc1. The molecule has 0 saturated carbocycles. The Labute approximate surface area is 162 Å². The lowest BCUT2D eigenvalue weighted by atomic mass is 9.78. The Hall–Kier alpha value is -2.68. The average molecular weight is 358 g/mol. The molecule has 0 unspecified atom stereocenters. The van der Waals surface area contributed by atoms with Crippen molar-refractivity contribution in [3.05, 3.63) is 88.5 Å². The van der Waals surface area contributed by atoms with E-state index in [1.54, 1.807) is 0 Å². The van der Waals surface area contributed by atoms with Gasteiger partial charge in [-0.2, -0.15) is 0 Å². The monoisotopic (exact) mass is 357 g/mol. The second-order valence-electron chi connectivity index (χ2n) is 8.10. The Morgan fingerprint density at radius 2 is 1.52 bits per heavy atom. The largest absolute Gasteiger partial charge is 0.365 e. The summed E-state index contributed by atoms with van der Waals surface area (Å²) in [5.41, 5.74) is 7.69. The Morgan fingerprint density at radius 1 is 0.889 bits per heavy atom. The van der Waals surface area contributed by atoms with E-state index in [4.69, 9.17) is 0 Å². The zero-order valence-electron chi connectivity index (χ0n) is 16.7. The number of benzene rings is 2. The third-order valence-corrected chi connectivity index (χ3v) is 5.79. The molecule has 0 amide bonds. The molecule has 0 bridgehead atoms. The van der Waals surface area contributed by atoms with Gasteiger partial charge in [-0.1, -0.05) is 55.8 Å². The molecular weight excluding hydrogens is 330 g/mol. The highest BCUT2D eigenvalue weighted by atomic mass is 15.1. The van der Waals surface area contributed by atoms with Crippen LogP contribution in [0.25, 0.3) is 0 Å². The topological polar surface area (TPSA) is 29.0 Å². The minimum atomic E-state index is -0.00886. The van der Waals surface area contributed by atoms with Crippen LogP contribution in [0.3, 0.4) is 0 Å². The summed E-state index contributed by atoms with van der Waals surface area (Å²) in [6.45, 7) is 10.6. The molecule has 0 spiro atoms. The van der Waals surface area contributed by atoms with E-state index >= 15 is 0 Å². The van der Waals surface area contributed by atoms with Crippen LogP contribution in [-0.2, 0) is 18.4 Å². The highest BCUT2D eigenvalue weighted by molar-refractivity contribution is 5.52. The third kappa shape index (κ3) is 3.46. The molecule has 0 aliphatic carbocycles. The van der Waals surface area contributed by atoms with Gasteiger partial charge in [-0.15, -0.1) is 0 Å². The van der Waals surface area contributed by atoms with Gasteiger partial charge in [0.2, 0.25) is 0 Å². The summed E-state index contributed by atoms with van der Waals surface area (Å²) in [6.07, 6.45) is 2.99. The van der Waals surface area contributed by atoms with E-state index in [1.807, 2.05) is 13.1 Å². The lowest BCUT2D eigenvalue weighted by molar-refractivity contribution is 0.639. The van der Waals surface area contributed by atoms with Gasteiger partial charge in [-0.25, -0.2) is 9.97 Å². The van der Waals surface area contributed by atoms with Crippen molar-refractivity contribution in [1.29, 1.82) is 0 Å². The van der Waals surface area contributed by atoms with Crippen molar-refractivity contribution >= 4 is 5.69 Å². The number of fused-ring (bicyclic) bond motifs is 1. The fourth-order valence-electron chi connectivity index (χ4n) is 3.85. The van der Waals surface area contributed by atoms with Crippen LogP contribution in [0.2, 0.25) is 0 Å². The van der Waals surface area contributed by atoms with E-state index in [9.17, 15) is 0 Å². The molecule has 27 heavy (non-hydrogen) atoms. The first-order chi connectivity index (χ1) is 12.9. The van der Waals surface area contributed by atoms with E-state index < -0.39 is 0 Å². The van der Waals surface area contributed by atoms with Crippen LogP contribution < -0.4 is 4.90 Å². The quantitative estimate of drug-likeness (QED) is 0.662. The maximum Gasteiger partial charge on any atom is 0.125 e. The van der Waals surface area contributed by atoms with Crippen molar-refractivity contribution < 1.29 is 0 Å². The summed E-state index contributed by atoms with van der Waals surface area (Å²) in [4.78, 5) is 11.4. The van der Waals surface area contributed by atoms with Gasteiger partial charge in [0.25, 0.3) is 0 Å². The Morgan fingerprint density at radius 3 is 2.19 bits per heavy atom. The van der Waals surface area contributed by atoms with E-state index in [1.165, 1.54) is 27.9 Å². The first-order valence-electron chi connectivity index (χ1n) is 9.67. The highest BCUT2D eigenvalue weighted by Gasteiger charge is 2.24. The zero-order valence-corrected chi connectivity index (χ0v) is 16.7. The summed E-state index contributed by atoms with van der Waals surface area (Å²) in [6, 6.07) is 17.9. The summed E-state index contributed by atoms with van der Waals surface area (Å²) < 4.78 is 0. The molecule has 0 radical (unpaired) electrons. The van der Waals surface area contributed by atoms with Gasteiger partial charge in [0.1, 0.15) is 5.82 Å². The number of hydrogen-bond donors (Lipinski definition) is 0. The standard InChI is InChI=1S/C24H27N3/c1-17-5-7-20(8-6-17)24(3,4)21-9-11-22(12-10-21)27-14-13-19-15-25-18(2)26-23(19)16-27/h5-12,15H,13-14,16H2,1-4H3. The molecular formula is C24H27N3. The fraction of sp³-hybridized carbons (Fsp3) is 0.333. The molecule has 3 nitrogen and oxygen atoms in total. The Balaban J connectivity index is 1.56. The first-order valence-corrected chi connectivity index (χ1v) is 9.67. The van der Waals surface area contributed by atoms with Crippen molar-refractivity contribution in [3.63, 3.8) is 0 Å². The third-order valence-electron chi connectivity index (χ3n) is 5.79. The van der Waals surface area contributed by atoms with Crippen LogP contribution in [0.15, 0.2) is 54.7 Å².